The Morgan fingerprint density at radius 1 is 1.08 bits per heavy atom. The standard InChI is InChI=1S/C30H33N3O3S/c1-36-23-12-7-9-21(17-23)20-33(28(34)18-24-13-8-16-37-24)29(30(35)32-22-10-3-2-4-11-22)26-19-31-27-15-6-5-14-25(26)27/h5-9,12-17,19,22,29,31H,2-4,10-11,18,20H2,1H3,(H,32,35). The van der Waals surface area contributed by atoms with E-state index in [1.165, 1.54) is 6.42 Å². The highest BCUT2D eigenvalue weighted by Gasteiger charge is 2.34. The van der Waals surface area contributed by atoms with Crippen molar-refractivity contribution >= 4 is 34.1 Å². The summed E-state index contributed by atoms with van der Waals surface area (Å²) in [6.45, 7) is 0.295. The average Bonchev–Trinajstić information content (AvgIpc) is 3.59. The van der Waals surface area contributed by atoms with Crippen LogP contribution in [0.1, 0.15) is 54.1 Å². The first kappa shape index (κ1) is 25.1. The van der Waals surface area contributed by atoms with Gasteiger partial charge in [0.05, 0.1) is 13.5 Å². The van der Waals surface area contributed by atoms with Gasteiger partial charge in [-0.1, -0.05) is 55.7 Å². The molecule has 1 fully saturated rings. The summed E-state index contributed by atoms with van der Waals surface area (Å²) in [5.41, 5.74) is 2.67. The lowest BCUT2D eigenvalue weighted by Crippen LogP contribution is -2.47. The Balaban J connectivity index is 1.56. The molecule has 0 radical (unpaired) electrons. The molecular weight excluding hydrogens is 482 g/mol. The maximum absolute atomic E-state index is 14.1. The van der Waals surface area contributed by atoms with Gasteiger partial charge >= 0.3 is 0 Å². The molecular formula is C30H33N3O3S. The lowest BCUT2D eigenvalue weighted by Gasteiger charge is -2.33. The molecule has 0 bridgehead atoms. The van der Waals surface area contributed by atoms with Crippen molar-refractivity contribution in [2.75, 3.05) is 7.11 Å². The SMILES string of the molecule is COc1cccc(CN(C(=O)Cc2cccs2)C(C(=O)NC2CCCCC2)c2c[nH]c3ccccc23)c1. The number of para-hydroxylation sites is 1. The number of carbonyl (C=O) groups excluding carboxylic acids is 2. The van der Waals surface area contributed by atoms with Gasteiger partial charge in [0, 0.05) is 40.1 Å². The Morgan fingerprint density at radius 2 is 1.92 bits per heavy atom. The Kier molecular flexibility index (Phi) is 7.90. The number of ether oxygens (including phenoxy) is 1. The van der Waals surface area contributed by atoms with E-state index in [0.717, 1.165) is 58.3 Å². The number of amides is 2. The average molecular weight is 516 g/mol. The zero-order chi connectivity index (χ0) is 25.6. The highest BCUT2D eigenvalue weighted by molar-refractivity contribution is 7.10. The van der Waals surface area contributed by atoms with Crippen molar-refractivity contribution in [3.63, 3.8) is 0 Å². The Bertz CT molecular complexity index is 1340. The lowest BCUT2D eigenvalue weighted by atomic mass is 9.94. The summed E-state index contributed by atoms with van der Waals surface area (Å²) in [5.74, 6) is 0.511. The Morgan fingerprint density at radius 3 is 2.70 bits per heavy atom. The highest BCUT2D eigenvalue weighted by Crippen LogP contribution is 2.32. The van der Waals surface area contributed by atoms with Gasteiger partial charge in [0.15, 0.2) is 0 Å². The van der Waals surface area contributed by atoms with E-state index in [2.05, 4.69) is 10.3 Å². The smallest absolute Gasteiger partial charge is 0.247 e. The number of thiophene rings is 1. The number of nitrogens with one attached hydrogen (secondary N) is 2. The number of hydrogen-bond donors (Lipinski definition) is 2. The highest BCUT2D eigenvalue weighted by atomic mass is 32.1. The van der Waals surface area contributed by atoms with Crippen LogP contribution >= 0.6 is 11.3 Å². The molecule has 6 nitrogen and oxygen atoms in total. The number of aromatic nitrogens is 1. The van der Waals surface area contributed by atoms with Gasteiger partial charge < -0.3 is 19.9 Å². The van der Waals surface area contributed by atoms with Gasteiger partial charge in [0.2, 0.25) is 11.8 Å². The number of benzene rings is 2. The van der Waals surface area contributed by atoms with E-state index in [0.29, 0.717) is 6.54 Å². The quantitative estimate of drug-likeness (QED) is 0.287. The summed E-state index contributed by atoms with van der Waals surface area (Å²) in [6.07, 6.45) is 7.53. The van der Waals surface area contributed by atoms with Crippen LogP contribution in [0.25, 0.3) is 10.9 Å². The fourth-order valence-electron chi connectivity index (χ4n) is 5.25. The molecule has 2 N–H and O–H groups in total. The normalized spacial score (nSPS) is 14.8. The third kappa shape index (κ3) is 5.88. The molecule has 192 valence electrons. The minimum absolute atomic E-state index is 0.0839. The molecule has 1 saturated carbocycles. The van der Waals surface area contributed by atoms with Crippen LogP contribution in [0.2, 0.25) is 0 Å². The summed E-state index contributed by atoms with van der Waals surface area (Å²) < 4.78 is 5.43. The fourth-order valence-corrected chi connectivity index (χ4v) is 5.95. The number of methoxy groups -OCH3 is 1. The maximum Gasteiger partial charge on any atom is 0.247 e. The molecule has 1 aliphatic rings. The van der Waals surface area contributed by atoms with Crippen LogP contribution in [0, 0.1) is 0 Å². The first-order valence-corrected chi connectivity index (χ1v) is 13.8. The zero-order valence-electron chi connectivity index (χ0n) is 21.1. The van der Waals surface area contributed by atoms with Gasteiger partial charge in [-0.15, -0.1) is 11.3 Å². The molecule has 2 heterocycles. The molecule has 2 aromatic heterocycles. The van der Waals surface area contributed by atoms with E-state index in [1.54, 1.807) is 23.3 Å². The van der Waals surface area contributed by atoms with Crippen molar-refractivity contribution in [3.8, 4) is 5.75 Å². The first-order valence-electron chi connectivity index (χ1n) is 12.9. The summed E-state index contributed by atoms with van der Waals surface area (Å²) in [6, 6.07) is 18.9. The van der Waals surface area contributed by atoms with Crippen LogP contribution in [0.5, 0.6) is 5.75 Å². The van der Waals surface area contributed by atoms with Crippen LogP contribution in [0.3, 0.4) is 0 Å². The summed E-state index contributed by atoms with van der Waals surface area (Å²) in [4.78, 5) is 34.1. The Hall–Kier alpha value is -3.58. The number of fused-ring (bicyclic) bond motifs is 1. The minimum atomic E-state index is -0.767. The second-order valence-corrected chi connectivity index (χ2v) is 10.7. The molecule has 37 heavy (non-hydrogen) atoms. The first-order chi connectivity index (χ1) is 18.1. The number of nitrogens with zero attached hydrogens (tertiary/aromatic N) is 1. The van der Waals surface area contributed by atoms with E-state index < -0.39 is 6.04 Å². The molecule has 2 amide bonds. The third-order valence-electron chi connectivity index (χ3n) is 7.14. The summed E-state index contributed by atoms with van der Waals surface area (Å²) >= 11 is 1.56. The molecule has 4 aromatic rings. The van der Waals surface area contributed by atoms with E-state index in [1.807, 2.05) is 72.2 Å². The molecule has 5 rings (SSSR count). The topological polar surface area (TPSA) is 74.4 Å². The monoisotopic (exact) mass is 515 g/mol. The van der Waals surface area contributed by atoms with E-state index >= 15 is 0 Å². The molecule has 7 heteroatoms. The van der Waals surface area contributed by atoms with Crippen molar-refractivity contribution in [3.05, 3.63) is 88.2 Å². The minimum Gasteiger partial charge on any atom is -0.497 e. The molecule has 1 unspecified atom stereocenters. The van der Waals surface area contributed by atoms with Crippen LogP contribution in [-0.4, -0.2) is 34.8 Å². The van der Waals surface area contributed by atoms with E-state index in [-0.39, 0.29) is 24.3 Å². The van der Waals surface area contributed by atoms with Crippen molar-refractivity contribution in [1.29, 1.82) is 0 Å². The van der Waals surface area contributed by atoms with Crippen LogP contribution < -0.4 is 10.1 Å². The van der Waals surface area contributed by atoms with E-state index in [4.69, 9.17) is 4.74 Å². The van der Waals surface area contributed by atoms with Gasteiger partial charge in [-0.2, -0.15) is 0 Å². The molecule has 1 aliphatic carbocycles. The number of H-pyrrole nitrogens is 1. The summed E-state index contributed by atoms with van der Waals surface area (Å²) in [7, 11) is 1.63. The predicted molar refractivity (Wildman–Crippen MR) is 148 cm³/mol. The van der Waals surface area contributed by atoms with Crippen molar-refractivity contribution in [2.45, 2.75) is 57.2 Å². The molecule has 0 saturated heterocycles. The lowest BCUT2D eigenvalue weighted by molar-refractivity contribution is -0.141. The predicted octanol–water partition coefficient (Wildman–Crippen LogP) is 6.00. The van der Waals surface area contributed by atoms with Gasteiger partial charge in [0.25, 0.3) is 0 Å². The van der Waals surface area contributed by atoms with Crippen molar-refractivity contribution in [1.82, 2.24) is 15.2 Å². The number of aromatic amines is 1. The second kappa shape index (κ2) is 11.6. The molecule has 2 aromatic carbocycles. The third-order valence-corrected chi connectivity index (χ3v) is 8.02. The summed E-state index contributed by atoms with van der Waals surface area (Å²) in [5, 5.41) is 6.23. The van der Waals surface area contributed by atoms with Gasteiger partial charge in [-0.25, -0.2) is 0 Å². The fraction of sp³-hybridized carbons (Fsp3) is 0.333. The second-order valence-electron chi connectivity index (χ2n) is 9.66. The molecule has 1 atom stereocenters. The van der Waals surface area contributed by atoms with Gasteiger partial charge in [-0.3, -0.25) is 9.59 Å². The van der Waals surface area contributed by atoms with Crippen molar-refractivity contribution in [2.24, 2.45) is 0 Å². The largest absolute Gasteiger partial charge is 0.497 e. The molecule has 0 aliphatic heterocycles. The van der Waals surface area contributed by atoms with Gasteiger partial charge in [-0.05, 0) is 48.1 Å². The number of hydrogen-bond acceptors (Lipinski definition) is 4. The van der Waals surface area contributed by atoms with Gasteiger partial charge in [0.1, 0.15) is 11.8 Å². The van der Waals surface area contributed by atoms with Crippen molar-refractivity contribution < 1.29 is 14.3 Å². The maximum atomic E-state index is 14.1. The van der Waals surface area contributed by atoms with Crippen LogP contribution in [-0.2, 0) is 22.6 Å². The van der Waals surface area contributed by atoms with E-state index in [9.17, 15) is 9.59 Å². The number of carbonyl (C=O) groups is 2. The zero-order valence-corrected chi connectivity index (χ0v) is 21.9. The Labute approximate surface area is 221 Å². The van der Waals surface area contributed by atoms with Crippen LogP contribution in [0.15, 0.2) is 72.2 Å². The number of rotatable bonds is 9. The molecule has 0 spiro atoms. The van der Waals surface area contributed by atoms with Crippen LogP contribution in [0.4, 0.5) is 0 Å².